The largest absolute Gasteiger partial charge is 0.478 e. The number of aromatic carboxylic acids is 1. The summed E-state index contributed by atoms with van der Waals surface area (Å²) in [6.45, 7) is 1.19. The Labute approximate surface area is 227 Å². The Morgan fingerprint density at radius 3 is 2.74 bits per heavy atom. The molecule has 1 atom stereocenters. The monoisotopic (exact) mass is 564 g/mol. The first-order chi connectivity index (χ1) is 18.3. The third kappa shape index (κ3) is 8.50. The number of carbonyl (C=O) groups excluding carboxylic acids is 2. The Bertz CT molecular complexity index is 1270. The molecule has 2 heterocycles. The number of rotatable bonds is 14. The van der Waals surface area contributed by atoms with Gasteiger partial charge in [-0.3, -0.25) is 19.9 Å². The molecule has 3 aromatic rings. The average molecular weight is 565 g/mol. The molecule has 6 N–H and O–H groups in total. The summed E-state index contributed by atoms with van der Waals surface area (Å²) >= 11 is 12.3. The molecule has 0 saturated carbocycles. The van der Waals surface area contributed by atoms with Gasteiger partial charge in [-0.05, 0) is 24.3 Å². The van der Waals surface area contributed by atoms with Gasteiger partial charge in [0, 0.05) is 36.1 Å². The van der Waals surface area contributed by atoms with Crippen LogP contribution in [-0.2, 0) is 20.9 Å². The molecule has 38 heavy (non-hydrogen) atoms. The van der Waals surface area contributed by atoms with Crippen LogP contribution >= 0.6 is 23.2 Å². The van der Waals surface area contributed by atoms with Crippen molar-refractivity contribution < 1.29 is 28.6 Å². The minimum Gasteiger partial charge on any atom is -0.478 e. The molecular formula is C24H26Cl2N6O6. The fraction of sp³-hybridized carbons (Fsp3) is 0.292. The summed E-state index contributed by atoms with van der Waals surface area (Å²) in [7, 11) is 0. The van der Waals surface area contributed by atoms with E-state index >= 15 is 0 Å². The van der Waals surface area contributed by atoms with Gasteiger partial charge >= 0.3 is 5.97 Å². The van der Waals surface area contributed by atoms with E-state index in [1.54, 1.807) is 18.2 Å². The Hall–Kier alpha value is -3.55. The lowest BCUT2D eigenvalue weighted by atomic mass is 10.1. The molecule has 2 aromatic heterocycles. The number of pyridine rings is 1. The molecule has 202 valence electrons. The topological polar surface area (TPSA) is 182 Å². The van der Waals surface area contributed by atoms with Gasteiger partial charge in [0.15, 0.2) is 5.76 Å². The van der Waals surface area contributed by atoms with E-state index in [1.165, 1.54) is 18.5 Å². The summed E-state index contributed by atoms with van der Waals surface area (Å²) in [5.74, 6) is -1.74. The Kier molecular flexibility index (Phi) is 11.0. The van der Waals surface area contributed by atoms with Crippen molar-refractivity contribution in [3.05, 3.63) is 64.4 Å². The standard InChI is InChI=1S/C24H26Cl2N6O6/c25-14-1-2-17(26)15(9-14)20-12-31-22(38-20)13-30-19(10-21(33)29-6-8-37-7-4-27)23(34)32-18-3-5-28-11-16(18)24(35)36/h1-3,5,9,11-12,19,30H,4,6-8,10,13,27H2,(H,29,33)(H,35,36)(H,28,32,34). The number of aromatic nitrogens is 2. The lowest BCUT2D eigenvalue weighted by Crippen LogP contribution is -2.44. The normalized spacial score (nSPS) is 11.7. The van der Waals surface area contributed by atoms with E-state index in [2.05, 4.69) is 25.9 Å². The molecule has 0 fully saturated rings. The van der Waals surface area contributed by atoms with Gasteiger partial charge in [0.25, 0.3) is 0 Å². The molecule has 0 spiro atoms. The predicted molar refractivity (Wildman–Crippen MR) is 140 cm³/mol. The molecule has 12 nitrogen and oxygen atoms in total. The first-order valence-electron chi connectivity index (χ1n) is 11.4. The van der Waals surface area contributed by atoms with Crippen LogP contribution in [0, 0.1) is 0 Å². The molecule has 0 aliphatic carbocycles. The van der Waals surface area contributed by atoms with Crippen molar-refractivity contribution in [2.24, 2.45) is 5.73 Å². The summed E-state index contributed by atoms with van der Waals surface area (Å²) < 4.78 is 11.0. The second-order valence-corrected chi connectivity index (χ2v) is 8.69. The molecule has 0 aliphatic rings. The molecule has 0 aliphatic heterocycles. The molecular weight excluding hydrogens is 539 g/mol. The summed E-state index contributed by atoms with van der Waals surface area (Å²) in [6, 6.07) is 5.18. The number of carboxylic acids is 1. The van der Waals surface area contributed by atoms with E-state index in [4.69, 9.17) is 38.1 Å². The van der Waals surface area contributed by atoms with Crippen molar-refractivity contribution in [3.63, 3.8) is 0 Å². The van der Waals surface area contributed by atoms with Crippen LogP contribution in [-0.4, -0.2) is 65.2 Å². The van der Waals surface area contributed by atoms with Gasteiger partial charge in [0.1, 0.15) is 5.56 Å². The van der Waals surface area contributed by atoms with Crippen LogP contribution in [0.4, 0.5) is 5.69 Å². The quantitative estimate of drug-likeness (QED) is 0.182. The maximum Gasteiger partial charge on any atom is 0.339 e. The predicted octanol–water partition coefficient (Wildman–Crippen LogP) is 2.32. The van der Waals surface area contributed by atoms with Crippen LogP contribution in [0.5, 0.6) is 0 Å². The zero-order valence-electron chi connectivity index (χ0n) is 20.1. The molecule has 1 unspecified atom stereocenters. The van der Waals surface area contributed by atoms with E-state index in [-0.39, 0.29) is 43.3 Å². The van der Waals surface area contributed by atoms with Crippen LogP contribution in [0.15, 0.2) is 47.3 Å². The van der Waals surface area contributed by atoms with E-state index in [1.807, 2.05) is 0 Å². The first kappa shape index (κ1) is 29.0. The number of nitrogens with two attached hydrogens (primary N) is 1. The van der Waals surface area contributed by atoms with Crippen molar-refractivity contribution in [1.29, 1.82) is 0 Å². The minimum atomic E-state index is -1.26. The number of ether oxygens (including phenoxy) is 1. The van der Waals surface area contributed by atoms with Gasteiger partial charge in [0.05, 0.1) is 49.1 Å². The Morgan fingerprint density at radius 1 is 1.16 bits per heavy atom. The second-order valence-electron chi connectivity index (χ2n) is 7.85. The molecule has 0 radical (unpaired) electrons. The Morgan fingerprint density at radius 2 is 1.97 bits per heavy atom. The van der Waals surface area contributed by atoms with Gasteiger partial charge in [-0.1, -0.05) is 23.2 Å². The molecule has 14 heteroatoms. The number of nitrogens with one attached hydrogen (secondary N) is 3. The smallest absolute Gasteiger partial charge is 0.339 e. The number of benzene rings is 1. The van der Waals surface area contributed by atoms with Crippen molar-refractivity contribution >= 4 is 46.7 Å². The summed E-state index contributed by atoms with van der Waals surface area (Å²) in [6.07, 6.45) is 3.66. The lowest BCUT2D eigenvalue weighted by Gasteiger charge is -2.18. The Balaban J connectivity index is 1.70. The van der Waals surface area contributed by atoms with Crippen LogP contribution < -0.4 is 21.7 Å². The molecule has 1 aromatic carbocycles. The number of nitrogens with zero attached hydrogens (tertiary/aromatic N) is 2. The van der Waals surface area contributed by atoms with Gasteiger partial charge in [-0.15, -0.1) is 0 Å². The zero-order chi connectivity index (χ0) is 27.5. The van der Waals surface area contributed by atoms with E-state index in [0.717, 1.165) is 6.20 Å². The second kappa shape index (κ2) is 14.4. The van der Waals surface area contributed by atoms with Crippen molar-refractivity contribution in [2.75, 3.05) is 31.6 Å². The van der Waals surface area contributed by atoms with Crippen LogP contribution in [0.3, 0.4) is 0 Å². The van der Waals surface area contributed by atoms with Crippen LogP contribution in [0.2, 0.25) is 10.0 Å². The molecule has 3 rings (SSSR count). The maximum absolute atomic E-state index is 13.1. The number of amides is 2. The van der Waals surface area contributed by atoms with Crippen molar-refractivity contribution in [3.8, 4) is 11.3 Å². The van der Waals surface area contributed by atoms with E-state index in [0.29, 0.717) is 34.5 Å². The number of carbonyl (C=O) groups is 3. The highest BCUT2D eigenvalue weighted by atomic mass is 35.5. The molecule has 0 saturated heterocycles. The van der Waals surface area contributed by atoms with E-state index in [9.17, 15) is 19.5 Å². The number of halogens is 2. The number of oxazole rings is 1. The average Bonchev–Trinajstić information content (AvgIpc) is 3.36. The summed E-state index contributed by atoms with van der Waals surface area (Å²) in [5, 5.41) is 18.4. The van der Waals surface area contributed by atoms with Gasteiger partial charge in [0.2, 0.25) is 17.7 Å². The molecule has 2 amide bonds. The third-order valence-corrected chi connectivity index (χ3v) is 5.66. The van der Waals surface area contributed by atoms with Crippen molar-refractivity contribution in [2.45, 2.75) is 19.0 Å². The van der Waals surface area contributed by atoms with Gasteiger partial charge in [-0.25, -0.2) is 9.78 Å². The number of hydrogen-bond donors (Lipinski definition) is 5. The zero-order valence-corrected chi connectivity index (χ0v) is 21.6. The van der Waals surface area contributed by atoms with Crippen molar-refractivity contribution in [1.82, 2.24) is 20.6 Å². The van der Waals surface area contributed by atoms with Crippen LogP contribution in [0.1, 0.15) is 22.7 Å². The SMILES string of the molecule is NCCOCCNC(=O)CC(NCc1ncc(-c2cc(Cl)ccc2Cl)o1)C(=O)Nc1ccncc1C(=O)O. The first-order valence-corrected chi connectivity index (χ1v) is 12.2. The highest BCUT2D eigenvalue weighted by Gasteiger charge is 2.24. The number of hydrogen-bond acceptors (Lipinski definition) is 9. The molecule has 0 bridgehead atoms. The highest BCUT2D eigenvalue weighted by Crippen LogP contribution is 2.31. The maximum atomic E-state index is 13.1. The summed E-state index contributed by atoms with van der Waals surface area (Å²) in [4.78, 5) is 45.0. The fourth-order valence-corrected chi connectivity index (χ4v) is 3.65. The number of anilines is 1. The fourth-order valence-electron chi connectivity index (χ4n) is 3.27. The van der Waals surface area contributed by atoms with E-state index < -0.39 is 23.8 Å². The number of carboxylic acid groups (broad SMARTS) is 1. The minimum absolute atomic E-state index is 0.0225. The van der Waals surface area contributed by atoms with Crippen LogP contribution in [0.25, 0.3) is 11.3 Å². The third-order valence-electron chi connectivity index (χ3n) is 5.09. The highest BCUT2D eigenvalue weighted by molar-refractivity contribution is 6.35. The van der Waals surface area contributed by atoms with Gasteiger partial charge in [-0.2, -0.15) is 0 Å². The van der Waals surface area contributed by atoms with Gasteiger partial charge < -0.3 is 30.6 Å². The summed E-state index contributed by atoms with van der Waals surface area (Å²) in [5.41, 5.74) is 5.74. The lowest BCUT2D eigenvalue weighted by molar-refractivity contribution is -0.126.